The minimum atomic E-state index is -0.254. The van der Waals surface area contributed by atoms with Crippen LogP contribution in [0.15, 0.2) is 54.7 Å². The van der Waals surface area contributed by atoms with Gasteiger partial charge in [-0.15, -0.1) is 0 Å². The first-order valence-electron chi connectivity index (χ1n) is 11.3. The Labute approximate surface area is 189 Å². The second kappa shape index (κ2) is 9.92. The number of hydrogen-bond donors (Lipinski definition) is 2. The fourth-order valence-corrected chi connectivity index (χ4v) is 3.99. The van der Waals surface area contributed by atoms with E-state index in [1.807, 2.05) is 36.4 Å². The fourth-order valence-electron chi connectivity index (χ4n) is 3.99. The van der Waals surface area contributed by atoms with Gasteiger partial charge in [0.1, 0.15) is 0 Å². The van der Waals surface area contributed by atoms with E-state index in [-0.39, 0.29) is 17.5 Å². The van der Waals surface area contributed by atoms with E-state index in [4.69, 9.17) is 0 Å². The Hall–Kier alpha value is -3.25. The van der Waals surface area contributed by atoms with Crippen molar-refractivity contribution in [3.8, 4) is 0 Å². The molecule has 0 unspecified atom stereocenters. The molecule has 3 aromatic rings. The molecule has 1 aliphatic carbocycles. The predicted molar refractivity (Wildman–Crippen MR) is 128 cm³/mol. The van der Waals surface area contributed by atoms with Gasteiger partial charge in [0.05, 0.1) is 5.69 Å². The van der Waals surface area contributed by atoms with Gasteiger partial charge in [-0.25, -0.2) is 4.98 Å². The summed E-state index contributed by atoms with van der Waals surface area (Å²) >= 11 is 0. The molecule has 0 bridgehead atoms. The van der Waals surface area contributed by atoms with Crippen molar-refractivity contribution in [1.29, 1.82) is 0 Å². The summed E-state index contributed by atoms with van der Waals surface area (Å²) in [5.74, 6) is 0.0468. The maximum absolute atomic E-state index is 13.2. The van der Waals surface area contributed by atoms with Crippen molar-refractivity contribution in [2.45, 2.75) is 32.7 Å². The first-order valence-corrected chi connectivity index (χ1v) is 11.3. The average Bonchev–Trinajstić information content (AvgIpc) is 2.78. The Bertz CT molecular complexity index is 1120. The maximum atomic E-state index is 13.2. The van der Waals surface area contributed by atoms with Gasteiger partial charge in [0.15, 0.2) is 5.69 Å². The highest BCUT2D eigenvalue weighted by atomic mass is 16.2. The number of fused-ring (bicyclic) bond motifs is 1. The molecule has 1 fully saturated rings. The summed E-state index contributed by atoms with van der Waals surface area (Å²) in [6, 6.07) is 15.3. The highest BCUT2D eigenvalue weighted by Crippen LogP contribution is 2.26. The van der Waals surface area contributed by atoms with Gasteiger partial charge in [0.2, 0.25) is 0 Å². The quantitative estimate of drug-likeness (QED) is 0.553. The predicted octanol–water partition coefficient (Wildman–Crippen LogP) is 4.47. The molecule has 1 heterocycles. The number of carbonyl (C=O) groups is 2. The van der Waals surface area contributed by atoms with Gasteiger partial charge < -0.3 is 15.5 Å². The lowest BCUT2D eigenvalue weighted by atomic mass is 9.85. The van der Waals surface area contributed by atoms with E-state index < -0.39 is 0 Å². The van der Waals surface area contributed by atoms with Crippen LogP contribution >= 0.6 is 0 Å². The summed E-state index contributed by atoms with van der Waals surface area (Å²) < 4.78 is 0. The van der Waals surface area contributed by atoms with Gasteiger partial charge in [-0.1, -0.05) is 43.7 Å². The Balaban J connectivity index is 1.57. The molecule has 0 atom stereocenters. The maximum Gasteiger partial charge on any atom is 0.272 e. The minimum absolute atomic E-state index is 0.241. The van der Waals surface area contributed by atoms with E-state index in [0.29, 0.717) is 23.7 Å². The van der Waals surface area contributed by atoms with Crippen molar-refractivity contribution in [2.75, 3.05) is 25.5 Å². The number of anilines is 1. The van der Waals surface area contributed by atoms with Crippen molar-refractivity contribution in [1.82, 2.24) is 15.2 Å². The smallest absolute Gasteiger partial charge is 0.272 e. The zero-order chi connectivity index (χ0) is 22.5. The summed E-state index contributed by atoms with van der Waals surface area (Å²) in [7, 11) is 2.08. The third-order valence-corrected chi connectivity index (χ3v) is 6.29. The number of pyridine rings is 1. The summed E-state index contributed by atoms with van der Waals surface area (Å²) in [4.78, 5) is 32.4. The molecule has 6 nitrogen and oxygen atoms in total. The van der Waals surface area contributed by atoms with Crippen molar-refractivity contribution >= 4 is 28.3 Å². The summed E-state index contributed by atoms with van der Waals surface area (Å²) in [6.07, 6.45) is 5.11. The van der Waals surface area contributed by atoms with Crippen LogP contribution in [0.1, 0.15) is 52.6 Å². The molecule has 6 heteroatoms. The van der Waals surface area contributed by atoms with Gasteiger partial charge in [0.25, 0.3) is 11.8 Å². The molecule has 1 aliphatic rings. The van der Waals surface area contributed by atoms with Gasteiger partial charge in [0, 0.05) is 24.8 Å². The lowest BCUT2D eigenvalue weighted by molar-refractivity contribution is 0.0935. The van der Waals surface area contributed by atoms with E-state index in [1.165, 1.54) is 12.0 Å². The van der Waals surface area contributed by atoms with Crippen LogP contribution in [0.5, 0.6) is 0 Å². The van der Waals surface area contributed by atoms with Crippen LogP contribution in [0.4, 0.5) is 5.69 Å². The van der Waals surface area contributed by atoms with Crippen molar-refractivity contribution in [3.05, 3.63) is 71.5 Å². The first-order chi connectivity index (χ1) is 15.6. The molecule has 1 aromatic heterocycles. The zero-order valence-corrected chi connectivity index (χ0v) is 18.7. The molecule has 0 aliphatic heterocycles. The molecule has 4 rings (SSSR count). The average molecular weight is 431 g/mol. The van der Waals surface area contributed by atoms with Crippen LogP contribution in [-0.2, 0) is 6.54 Å². The molecule has 2 N–H and O–H groups in total. The molecule has 166 valence electrons. The third-order valence-electron chi connectivity index (χ3n) is 6.29. The van der Waals surface area contributed by atoms with E-state index >= 15 is 0 Å². The van der Waals surface area contributed by atoms with Crippen LogP contribution in [0, 0.1) is 5.92 Å². The first kappa shape index (κ1) is 22.0. The summed E-state index contributed by atoms with van der Waals surface area (Å²) in [6.45, 7) is 4.54. The van der Waals surface area contributed by atoms with Crippen molar-refractivity contribution in [2.24, 2.45) is 5.92 Å². The number of aromatic nitrogens is 1. The molecule has 0 spiro atoms. The standard InChI is InChI=1S/C26H30N4O2/c1-3-30(2)17-19-13-14-22(21-11-5-4-10-20(19)21)25(31)29-23-12-7-15-27-24(23)26(32)28-16-18-8-6-9-18/h4-5,7,10-15,18H,3,6,8-9,16-17H2,1-2H3,(H,28,32)(H,29,31). The topological polar surface area (TPSA) is 74.3 Å². The molecule has 1 saturated carbocycles. The number of benzene rings is 2. The SMILES string of the molecule is CCN(C)Cc1ccc(C(=O)Nc2cccnc2C(=O)NCC2CCC2)c2ccccc12. The van der Waals surface area contributed by atoms with Gasteiger partial charge in [-0.3, -0.25) is 9.59 Å². The Morgan fingerprint density at radius 2 is 1.81 bits per heavy atom. The molecular weight excluding hydrogens is 400 g/mol. The lowest BCUT2D eigenvalue weighted by Gasteiger charge is -2.25. The van der Waals surface area contributed by atoms with Gasteiger partial charge in [-0.05, 0) is 66.9 Å². The van der Waals surface area contributed by atoms with Crippen molar-refractivity contribution < 1.29 is 9.59 Å². The highest BCUT2D eigenvalue weighted by Gasteiger charge is 2.21. The van der Waals surface area contributed by atoms with E-state index in [0.717, 1.165) is 36.7 Å². The normalized spacial score (nSPS) is 13.7. The van der Waals surface area contributed by atoms with E-state index in [9.17, 15) is 9.59 Å². The molecule has 32 heavy (non-hydrogen) atoms. The highest BCUT2D eigenvalue weighted by molar-refractivity contribution is 6.15. The third kappa shape index (κ3) is 4.81. The van der Waals surface area contributed by atoms with Crippen molar-refractivity contribution in [3.63, 3.8) is 0 Å². The van der Waals surface area contributed by atoms with Gasteiger partial charge in [-0.2, -0.15) is 0 Å². The number of nitrogens with one attached hydrogen (secondary N) is 2. The van der Waals surface area contributed by atoms with E-state index in [1.54, 1.807) is 18.3 Å². The number of rotatable bonds is 8. The van der Waals surface area contributed by atoms with Crippen LogP contribution in [0.2, 0.25) is 0 Å². The molecule has 2 aromatic carbocycles. The van der Waals surface area contributed by atoms with Crippen LogP contribution in [-0.4, -0.2) is 41.8 Å². The molecular formula is C26H30N4O2. The summed E-state index contributed by atoms with van der Waals surface area (Å²) in [5, 5.41) is 7.83. The lowest BCUT2D eigenvalue weighted by Crippen LogP contribution is -2.33. The molecule has 2 amide bonds. The van der Waals surface area contributed by atoms with Gasteiger partial charge >= 0.3 is 0 Å². The molecule has 0 radical (unpaired) electrons. The Kier molecular flexibility index (Phi) is 6.81. The zero-order valence-electron chi connectivity index (χ0n) is 18.7. The number of nitrogens with zero attached hydrogens (tertiary/aromatic N) is 2. The van der Waals surface area contributed by atoms with Crippen LogP contribution < -0.4 is 10.6 Å². The molecule has 0 saturated heterocycles. The second-order valence-corrected chi connectivity index (χ2v) is 8.51. The number of carbonyl (C=O) groups excluding carboxylic acids is 2. The Morgan fingerprint density at radius 3 is 2.53 bits per heavy atom. The van der Waals surface area contributed by atoms with Crippen LogP contribution in [0.25, 0.3) is 10.8 Å². The Morgan fingerprint density at radius 1 is 1.03 bits per heavy atom. The number of hydrogen-bond acceptors (Lipinski definition) is 4. The summed E-state index contributed by atoms with van der Waals surface area (Å²) in [5.41, 5.74) is 2.42. The minimum Gasteiger partial charge on any atom is -0.350 e. The second-order valence-electron chi connectivity index (χ2n) is 8.51. The number of amides is 2. The van der Waals surface area contributed by atoms with Crippen LogP contribution in [0.3, 0.4) is 0 Å². The monoisotopic (exact) mass is 430 g/mol. The fraction of sp³-hybridized carbons (Fsp3) is 0.346. The largest absolute Gasteiger partial charge is 0.350 e. The van der Waals surface area contributed by atoms with E-state index in [2.05, 4.69) is 34.5 Å².